The fraction of sp³-hybridized carbons (Fsp3) is 0.500. The second-order valence-electron chi connectivity index (χ2n) is 7.53. The zero-order valence-corrected chi connectivity index (χ0v) is 17.1. The molecule has 0 saturated carbocycles. The number of nitrogens with one attached hydrogen (secondary N) is 1. The monoisotopic (exact) mass is 387 g/mol. The van der Waals surface area contributed by atoms with Gasteiger partial charge in [0.15, 0.2) is 11.9 Å². The highest BCUT2D eigenvalue weighted by atomic mass is 32.1. The highest BCUT2D eigenvalue weighted by Crippen LogP contribution is 2.35. The molecular weight excluding hydrogens is 360 g/mol. The fourth-order valence-corrected chi connectivity index (χ4v) is 5.17. The highest BCUT2D eigenvalue weighted by molar-refractivity contribution is 7.17. The molecule has 6 nitrogen and oxygen atoms in total. The number of quaternary nitrogens is 1. The normalized spacial score (nSPS) is 24.4. The minimum atomic E-state index is 0.0398. The van der Waals surface area contributed by atoms with Gasteiger partial charge in [0.2, 0.25) is 10.8 Å². The zero-order chi connectivity index (χ0) is 19.1. The van der Waals surface area contributed by atoms with Crippen molar-refractivity contribution < 1.29 is 14.7 Å². The SMILES string of the molecule is CCc1nc2sc([C@@H](c3ccc(C)cc3)[NH+]3C[C@@H](C)O[C@@H](C)C3)c(O)n2n1. The van der Waals surface area contributed by atoms with E-state index in [1.165, 1.54) is 16.0 Å². The number of aryl methyl sites for hydroxylation is 2. The Labute approximate surface area is 163 Å². The van der Waals surface area contributed by atoms with E-state index in [9.17, 15) is 5.11 Å². The summed E-state index contributed by atoms with van der Waals surface area (Å²) < 4.78 is 7.54. The molecule has 1 aromatic carbocycles. The van der Waals surface area contributed by atoms with Gasteiger partial charge in [-0.2, -0.15) is 4.52 Å². The molecule has 2 aromatic heterocycles. The first-order valence-corrected chi connectivity index (χ1v) is 10.4. The Bertz CT molecular complexity index is 924. The molecule has 3 aromatic rings. The smallest absolute Gasteiger partial charge is 0.235 e. The third-order valence-corrected chi connectivity index (χ3v) is 6.29. The lowest BCUT2D eigenvalue weighted by molar-refractivity contribution is -0.939. The summed E-state index contributed by atoms with van der Waals surface area (Å²) in [5, 5.41) is 15.4. The third kappa shape index (κ3) is 3.47. The van der Waals surface area contributed by atoms with Gasteiger partial charge in [-0.3, -0.25) is 0 Å². The van der Waals surface area contributed by atoms with Crippen LogP contribution in [0.25, 0.3) is 4.96 Å². The first-order valence-electron chi connectivity index (χ1n) is 9.60. The number of hydrogen-bond acceptors (Lipinski definition) is 5. The Hall–Kier alpha value is -1.96. The number of nitrogens with zero attached hydrogens (tertiary/aromatic N) is 3. The van der Waals surface area contributed by atoms with Gasteiger partial charge in [-0.25, -0.2) is 4.98 Å². The Morgan fingerprint density at radius 1 is 1.26 bits per heavy atom. The van der Waals surface area contributed by atoms with Crippen LogP contribution in [0, 0.1) is 6.92 Å². The van der Waals surface area contributed by atoms with Gasteiger partial charge in [-0.05, 0) is 20.8 Å². The predicted molar refractivity (Wildman–Crippen MR) is 106 cm³/mol. The van der Waals surface area contributed by atoms with Crippen LogP contribution in [0.2, 0.25) is 0 Å². The molecule has 7 heteroatoms. The molecule has 1 aliphatic heterocycles. The van der Waals surface area contributed by atoms with Crippen molar-refractivity contribution in [3.05, 3.63) is 46.1 Å². The van der Waals surface area contributed by atoms with Gasteiger partial charge in [0.25, 0.3) is 0 Å². The van der Waals surface area contributed by atoms with Crippen LogP contribution < -0.4 is 4.90 Å². The molecule has 0 spiro atoms. The largest absolute Gasteiger partial charge is 0.492 e. The van der Waals surface area contributed by atoms with Crippen LogP contribution in [-0.4, -0.2) is 45.0 Å². The quantitative estimate of drug-likeness (QED) is 0.720. The summed E-state index contributed by atoms with van der Waals surface area (Å²) in [7, 11) is 0. The molecule has 1 unspecified atom stereocenters. The minimum Gasteiger partial charge on any atom is -0.492 e. The molecule has 27 heavy (non-hydrogen) atoms. The van der Waals surface area contributed by atoms with E-state index in [1.54, 1.807) is 15.9 Å². The molecule has 0 amide bonds. The van der Waals surface area contributed by atoms with Crippen molar-refractivity contribution in [2.75, 3.05) is 13.1 Å². The van der Waals surface area contributed by atoms with E-state index in [2.05, 4.69) is 55.1 Å². The van der Waals surface area contributed by atoms with Crippen molar-refractivity contribution in [3.8, 4) is 5.88 Å². The molecule has 1 aliphatic rings. The van der Waals surface area contributed by atoms with Crippen LogP contribution in [0.5, 0.6) is 5.88 Å². The summed E-state index contributed by atoms with van der Waals surface area (Å²) in [5.41, 5.74) is 2.43. The molecule has 4 rings (SSSR count). The van der Waals surface area contributed by atoms with Gasteiger partial charge >= 0.3 is 0 Å². The summed E-state index contributed by atoms with van der Waals surface area (Å²) in [4.78, 5) is 7.64. The standard InChI is InChI=1S/C20H26N4O2S/c1-5-16-21-20-24(22-16)19(25)18(27-20)17(15-8-6-12(2)7-9-15)23-10-13(3)26-14(4)11-23/h6-9,13-14,17,25H,5,10-11H2,1-4H3/p+1/t13-,14+,17-/m1/s1. The van der Waals surface area contributed by atoms with Crippen LogP contribution in [0.1, 0.15) is 48.6 Å². The average molecular weight is 388 g/mol. The van der Waals surface area contributed by atoms with E-state index in [0.717, 1.165) is 35.2 Å². The first-order chi connectivity index (χ1) is 13.0. The van der Waals surface area contributed by atoms with E-state index < -0.39 is 0 Å². The Morgan fingerprint density at radius 3 is 2.52 bits per heavy atom. The van der Waals surface area contributed by atoms with E-state index in [0.29, 0.717) is 0 Å². The molecule has 4 atom stereocenters. The fourth-order valence-electron chi connectivity index (χ4n) is 4.01. The minimum absolute atomic E-state index is 0.0398. The summed E-state index contributed by atoms with van der Waals surface area (Å²) >= 11 is 1.54. The van der Waals surface area contributed by atoms with Crippen LogP contribution in [0.4, 0.5) is 0 Å². The van der Waals surface area contributed by atoms with Crippen LogP contribution in [0.3, 0.4) is 0 Å². The second kappa shape index (κ2) is 7.22. The molecule has 144 valence electrons. The molecule has 0 bridgehead atoms. The van der Waals surface area contributed by atoms with Gasteiger partial charge in [0.1, 0.15) is 30.2 Å². The van der Waals surface area contributed by atoms with Gasteiger partial charge in [0.05, 0.1) is 0 Å². The number of aromatic hydroxyl groups is 1. The molecule has 1 saturated heterocycles. The lowest BCUT2D eigenvalue weighted by atomic mass is 10.0. The second-order valence-corrected chi connectivity index (χ2v) is 8.54. The number of fused-ring (bicyclic) bond motifs is 1. The van der Waals surface area contributed by atoms with E-state index in [4.69, 9.17) is 4.74 Å². The van der Waals surface area contributed by atoms with Crippen molar-refractivity contribution in [3.63, 3.8) is 0 Å². The van der Waals surface area contributed by atoms with Crippen LogP contribution >= 0.6 is 11.3 Å². The van der Waals surface area contributed by atoms with Crippen molar-refractivity contribution in [2.45, 2.75) is 52.4 Å². The number of aromatic nitrogens is 3. The molecule has 0 radical (unpaired) electrons. The average Bonchev–Trinajstić information content (AvgIpc) is 3.16. The summed E-state index contributed by atoms with van der Waals surface area (Å²) in [6.07, 6.45) is 1.13. The maximum Gasteiger partial charge on any atom is 0.235 e. The highest BCUT2D eigenvalue weighted by Gasteiger charge is 2.37. The number of morpholine rings is 1. The number of ether oxygens (including phenoxy) is 1. The third-order valence-electron chi connectivity index (χ3n) is 5.20. The summed E-state index contributed by atoms with van der Waals surface area (Å²) in [6.45, 7) is 10.2. The Kier molecular flexibility index (Phi) is 4.92. The topological polar surface area (TPSA) is 64.1 Å². The summed E-state index contributed by atoms with van der Waals surface area (Å²) in [5.74, 6) is 0.975. The summed E-state index contributed by atoms with van der Waals surface area (Å²) in [6, 6.07) is 8.66. The van der Waals surface area contributed by atoms with Crippen molar-refractivity contribution >= 4 is 16.3 Å². The van der Waals surface area contributed by atoms with Crippen LogP contribution in [-0.2, 0) is 11.2 Å². The number of benzene rings is 1. The lowest BCUT2D eigenvalue weighted by Gasteiger charge is -2.37. The number of hydrogen-bond donors (Lipinski definition) is 2. The molecular formula is C20H27N4O2S+. The Morgan fingerprint density at radius 2 is 1.93 bits per heavy atom. The lowest BCUT2D eigenvalue weighted by Crippen LogP contribution is -3.15. The van der Waals surface area contributed by atoms with Gasteiger partial charge < -0.3 is 14.7 Å². The first kappa shape index (κ1) is 18.4. The Balaban J connectivity index is 1.81. The molecule has 2 N–H and O–H groups in total. The van der Waals surface area contributed by atoms with Gasteiger partial charge in [-0.15, -0.1) is 5.10 Å². The van der Waals surface area contributed by atoms with E-state index in [1.807, 2.05) is 6.92 Å². The van der Waals surface area contributed by atoms with E-state index >= 15 is 0 Å². The molecule has 3 heterocycles. The van der Waals surface area contributed by atoms with Crippen LogP contribution in [0.15, 0.2) is 24.3 Å². The van der Waals surface area contributed by atoms with Crippen molar-refractivity contribution in [2.24, 2.45) is 0 Å². The van der Waals surface area contributed by atoms with E-state index in [-0.39, 0.29) is 24.1 Å². The maximum atomic E-state index is 11.0. The number of thiazole rings is 1. The predicted octanol–water partition coefficient (Wildman–Crippen LogP) is 2.15. The number of rotatable bonds is 4. The van der Waals surface area contributed by atoms with Crippen molar-refractivity contribution in [1.29, 1.82) is 0 Å². The molecule has 1 fully saturated rings. The maximum absolute atomic E-state index is 11.0. The molecule has 0 aliphatic carbocycles. The zero-order valence-electron chi connectivity index (χ0n) is 16.3. The van der Waals surface area contributed by atoms with Gasteiger partial charge in [0, 0.05) is 12.0 Å². The van der Waals surface area contributed by atoms with Gasteiger partial charge in [-0.1, -0.05) is 48.1 Å². The van der Waals surface area contributed by atoms with Crippen molar-refractivity contribution in [1.82, 2.24) is 14.6 Å².